The van der Waals surface area contributed by atoms with Crippen molar-refractivity contribution < 1.29 is 23.8 Å². The summed E-state index contributed by atoms with van der Waals surface area (Å²) in [4.78, 5) is 27.3. The number of benzene rings is 3. The summed E-state index contributed by atoms with van der Waals surface area (Å²) in [5, 5.41) is 12.3. The number of rotatable bonds is 10. The standard InChI is InChI=1S/C32H33N3O5/c1-3-39-28-14-12-27(13-15-28)34-31(36)26(21-33)19-24-9-16-29(30(20-24)38-2)40-22-23-7-10-25(11-8-23)32(37)35-17-5-4-6-18-35/h7-16,19-20H,3-6,17-18,22H2,1-2H3,(H,34,36)/b26-19-. The van der Waals surface area contributed by atoms with Crippen molar-refractivity contribution in [3.05, 3.63) is 89.0 Å². The predicted octanol–water partition coefficient (Wildman–Crippen LogP) is 5.84. The Morgan fingerprint density at radius 1 is 0.950 bits per heavy atom. The van der Waals surface area contributed by atoms with Gasteiger partial charge in [0.25, 0.3) is 11.8 Å². The van der Waals surface area contributed by atoms with Crippen molar-refractivity contribution in [2.45, 2.75) is 32.8 Å². The van der Waals surface area contributed by atoms with Gasteiger partial charge in [0, 0.05) is 24.3 Å². The zero-order valence-electron chi connectivity index (χ0n) is 22.8. The first-order valence-electron chi connectivity index (χ1n) is 13.4. The molecule has 4 rings (SSSR count). The first-order valence-corrected chi connectivity index (χ1v) is 13.4. The van der Waals surface area contributed by atoms with Crippen LogP contribution in [-0.4, -0.2) is 43.5 Å². The van der Waals surface area contributed by atoms with E-state index in [-0.39, 0.29) is 18.1 Å². The highest BCUT2D eigenvalue weighted by Gasteiger charge is 2.18. The summed E-state index contributed by atoms with van der Waals surface area (Å²) < 4.78 is 16.9. The second-order valence-corrected chi connectivity index (χ2v) is 9.33. The quantitative estimate of drug-likeness (QED) is 0.256. The van der Waals surface area contributed by atoms with Gasteiger partial charge >= 0.3 is 0 Å². The van der Waals surface area contributed by atoms with Gasteiger partial charge in [0.1, 0.15) is 24.0 Å². The van der Waals surface area contributed by atoms with Crippen LogP contribution in [0.3, 0.4) is 0 Å². The van der Waals surface area contributed by atoms with Gasteiger partial charge in [-0.1, -0.05) is 18.2 Å². The Kier molecular flexibility index (Phi) is 9.78. The van der Waals surface area contributed by atoms with Crippen LogP contribution < -0.4 is 19.5 Å². The molecule has 1 saturated heterocycles. The minimum absolute atomic E-state index is 0.0520. The van der Waals surface area contributed by atoms with Crippen LogP contribution in [0.4, 0.5) is 5.69 Å². The number of amides is 2. The van der Waals surface area contributed by atoms with Gasteiger partial charge in [0.05, 0.1) is 13.7 Å². The second-order valence-electron chi connectivity index (χ2n) is 9.33. The summed E-state index contributed by atoms with van der Waals surface area (Å²) in [6.07, 6.45) is 4.79. The van der Waals surface area contributed by atoms with E-state index in [0.717, 1.165) is 31.5 Å². The molecule has 0 aliphatic carbocycles. The zero-order chi connectivity index (χ0) is 28.3. The molecule has 206 valence electrons. The second kappa shape index (κ2) is 13.9. The minimum atomic E-state index is -0.520. The number of nitrogens with zero attached hydrogens (tertiary/aromatic N) is 2. The number of anilines is 1. The van der Waals surface area contributed by atoms with E-state index in [1.165, 1.54) is 19.6 Å². The van der Waals surface area contributed by atoms with Crippen LogP contribution in [0.2, 0.25) is 0 Å². The number of ether oxygens (including phenoxy) is 3. The van der Waals surface area contributed by atoms with Gasteiger partial charge < -0.3 is 24.4 Å². The van der Waals surface area contributed by atoms with E-state index in [9.17, 15) is 14.9 Å². The molecule has 1 N–H and O–H groups in total. The van der Waals surface area contributed by atoms with Gasteiger partial charge in [-0.15, -0.1) is 0 Å². The lowest BCUT2D eigenvalue weighted by Crippen LogP contribution is -2.35. The molecule has 40 heavy (non-hydrogen) atoms. The van der Waals surface area contributed by atoms with Crippen LogP contribution in [0, 0.1) is 11.3 Å². The third-order valence-electron chi connectivity index (χ3n) is 6.53. The molecular weight excluding hydrogens is 506 g/mol. The van der Waals surface area contributed by atoms with Gasteiger partial charge in [-0.05, 0) is 91.9 Å². The molecule has 8 heteroatoms. The number of hydrogen-bond donors (Lipinski definition) is 1. The minimum Gasteiger partial charge on any atom is -0.494 e. The van der Waals surface area contributed by atoms with Crippen molar-refractivity contribution >= 4 is 23.6 Å². The van der Waals surface area contributed by atoms with Crippen LogP contribution >= 0.6 is 0 Å². The molecule has 0 unspecified atom stereocenters. The topological polar surface area (TPSA) is 101 Å². The first-order chi connectivity index (χ1) is 19.5. The highest BCUT2D eigenvalue weighted by Crippen LogP contribution is 2.30. The highest BCUT2D eigenvalue weighted by atomic mass is 16.5. The molecule has 3 aromatic rings. The molecule has 0 atom stereocenters. The molecule has 8 nitrogen and oxygen atoms in total. The fraction of sp³-hybridized carbons (Fsp3) is 0.281. The van der Waals surface area contributed by atoms with Crippen molar-refractivity contribution in [2.24, 2.45) is 0 Å². The summed E-state index contributed by atoms with van der Waals surface area (Å²) in [5.74, 6) is 1.24. The largest absolute Gasteiger partial charge is 0.494 e. The lowest BCUT2D eigenvalue weighted by Gasteiger charge is -2.26. The monoisotopic (exact) mass is 539 g/mol. The summed E-state index contributed by atoms with van der Waals surface area (Å²) in [6.45, 7) is 4.37. The Morgan fingerprint density at radius 2 is 1.68 bits per heavy atom. The zero-order valence-corrected chi connectivity index (χ0v) is 22.8. The molecule has 0 radical (unpaired) electrons. The molecule has 0 aromatic heterocycles. The lowest BCUT2D eigenvalue weighted by molar-refractivity contribution is -0.112. The average Bonchev–Trinajstić information content (AvgIpc) is 3.00. The average molecular weight is 540 g/mol. The molecule has 2 amide bonds. The van der Waals surface area contributed by atoms with Crippen molar-refractivity contribution in [3.8, 4) is 23.3 Å². The molecule has 1 heterocycles. The number of carbonyl (C=O) groups excluding carboxylic acids is 2. The van der Waals surface area contributed by atoms with E-state index in [1.54, 1.807) is 42.5 Å². The van der Waals surface area contributed by atoms with Crippen molar-refractivity contribution in [2.75, 3.05) is 32.1 Å². The Morgan fingerprint density at radius 3 is 2.33 bits per heavy atom. The van der Waals surface area contributed by atoms with Crippen molar-refractivity contribution in [3.63, 3.8) is 0 Å². The van der Waals surface area contributed by atoms with Crippen molar-refractivity contribution in [1.29, 1.82) is 5.26 Å². The fourth-order valence-electron chi connectivity index (χ4n) is 4.39. The van der Waals surface area contributed by atoms with Crippen LogP contribution in [0.5, 0.6) is 17.2 Å². The number of hydrogen-bond acceptors (Lipinski definition) is 6. The van der Waals surface area contributed by atoms with E-state index in [2.05, 4.69) is 5.32 Å². The smallest absolute Gasteiger partial charge is 0.266 e. The van der Waals surface area contributed by atoms with Crippen LogP contribution in [0.15, 0.2) is 72.3 Å². The summed E-state index contributed by atoms with van der Waals surface area (Å²) >= 11 is 0. The SMILES string of the molecule is CCOc1ccc(NC(=O)/C(C#N)=C\c2ccc(OCc3ccc(C(=O)N4CCCCC4)cc3)c(OC)c2)cc1. The Bertz CT molecular complexity index is 1390. The van der Waals surface area contributed by atoms with Gasteiger partial charge in [-0.25, -0.2) is 0 Å². The maximum absolute atomic E-state index is 12.7. The van der Waals surface area contributed by atoms with Crippen LogP contribution in [0.25, 0.3) is 6.08 Å². The number of piperidine rings is 1. The molecule has 1 fully saturated rings. The van der Waals surface area contributed by atoms with E-state index in [4.69, 9.17) is 14.2 Å². The molecule has 0 saturated carbocycles. The van der Waals surface area contributed by atoms with E-state index in [1.807, 2.05) is 42.2 Å². The van der Waals surface area contributed by atoms with Gasteiger partial charge in [0.2, 0.25) is 0 Å². The summed E-state index contributed by atoms with van der Waals surface area (Å²) in [7, 11) is 1.53. The van der Waals surface area contributed by atoms with E-state index >= 15 is 0 Å². The highest BCUT2D eigenvalue weighted by molar-refractivity contribution is 6.09. The molecular formula is C32H33N3O5. The molecule has 3 aromatic carbocycles. The number of methoxy groups -OCH3 is 1. The maximum Gasteiger partial charge on any atom is 0.266 e. The van der Waals surface area contributed by atoms with Crippen LogP contribution in [-0.2, 0) is 11.4 Å². The molecule has 0 spiro atoms. The number of nitriles is 1. The Balaban J connectivity index is 1.38. The molecule has 1 aliphatic rings. The Labute approximate surface area is 234 Å². The van der Waals surface area contributed by atoms with Gasteiger partial charge in [0.15, 0.2) is 11.5 Å². The normalized spacial score (nSPS) is 13.2. The van der Waals surface area contributed by atoms with Crippen molar-refractivity contribution in [1.82, 2.24) is 4.90 Å². The predicted molar refractivity (Wildman–Crippen MR) is 153 cm³/mol. The molecule has 0 bridgehead atoms. The number of nitrogens with one attached hydrogen (secondary N) is 1. The van der Waals surface area contributed by atoms with E-state index < -0.39 is 5.91 Å². The molecule has 1 aliphatic heterocycles. The Hall–Kier alpha value is -4.77. The van der Waals surface area contributed by atoms with Gasteiger partial charge in [-0.2, -0.15) is 5.26 Å². The number of likely N-dealkylation sites (tertiary alicyclic amines) is 1. The third-order valence-corrected chi connectivity index (χ3v) is 6.53. The fourth-order valence-corrected chi connectivity index (χ4v) is 4.39. The number of carbonyl (C=O) groups is 2. The maximum atomic E-state index is 12.7. The third kappa shape index (κ3) is 7.41. The summed E-state index contributed by atoms with van der Waals surface area (Å²) in [6, 6.07) is 21.5. The van der Waals surface area contributed by atoms with E-state index in [0.29, 0.717) is 40.7 Å². The van der Waals surface area contributed by atoms with Gasteiger partial charge in [-0.3, -0.25) is 9.59 Å². The van der Waals surface area contributed by atoms with Crippen LogP contribution in [0.1, 0.15) is 47.7 Å². The lowest BCUT2D eigenvalue weighted by atomic mass is 10.1. The first kappa shape index (κ1) is 28.2. The summed E-state index contributed by atoms with van der Waals surface area (Å²) in [5.41, 5.74) is 2.71.